The zero-order valence-electron chi connectivity index (χ0n) is 13.2. The van der Waals surface area contributed by atoms with Crippen LogP contribution in [0.15, 0.2) is 28.7 Å². The Morgan fingerprint density at radius 3 is 2.68 bits per heavy atom. The third-order valence-corrected chi connectivity index (χ3v) is 3.64. The van der Waals surface area contributed by atoms with Gasteiger partial charge in [0, 0.05) is 6.42 Å². The molecule has 1 heterocycles. The maximum atomic E-state index is 13.2. The summed E-state index contributed by atoms with van der Waals surface area (Å²) in [5.74, 6) is -0.671. The maximum Gasteiger partial charge on any atom is 0.296 e. The number of ketones is 2. The van der Waals surface area contributed by atoms with E-state index in [1.807, 2.05) is 0 Å². The number of rotatable bonds is 6. The van der Waals surface area contributed by atoms with Crippen LogP contribution in [0.4, 0.5) is 4.39 Å². The summed E-state index contributed by atoms with van der Waals surface area (Å²) in [6, 6.07) is 5.16. The zero-order chi connectivity index (χ0) is 18.6. The minimum absolute atomic E-state index is 0.0582. The normalized spacial score (nSPS) is 10.2. The van der Waals surface area contributed by atoms with E-state index < -0.39 is 17.5 Å². The number of terminal acetylenes is 1. The fraction of sp³-hybridized carbons (Fsp3) is 0.167. The topological polar surface area (TPSA) is 76.4 Å². The molecule has 1 amide bonds. The average molecular weight is 362 g/mol. The highest BCUT2D eigenvalue weighted by molar-refractivity contribution is 6.42. The number of aryl methyl sites for hydroxylation is 1. The Balaban J connectivity index is 2.17. The summed E-state index contributed by atoms with van der Waals surface area (Å²) < 4.78 is 18.4. The first-order valence-corrected chi connectivity index (χ1v) is 7.54. The van der Waals surface area contributed by atoms with Crippen molar-refractivity contribution in [3.63, 3.8) is 0 Å². The Hall–Kier alpha value is -2.91. The van der Waals surface area contributed by atoms with Gasteiger partial charge in [-0.05, 0) is 30.7 Å². The largest absolute Gasteiger partial charge is 0.457 e. The first-order valence-electron chi connectivity index (χ1n) is 7.17. The summed E-state index contributed by atoms with van der Waals surface area (Å²) >= 11 is 5.69. The van der Waals surface area contributed by atoms with Gasteiger partial charge >= 0.3 is 0 Å². The summed E-state index contributed by atoms with van der Waals surface area (Å²) in [7, 11) is 0. The van der Waals surface area contributed by atoms with Crippen LogP contribution in [0.3, 0.4) is 0 Å². The lowest BCUT2D eigenvalue weighted by atomic mass is 10.0. The molecule has 0 aliphatic heterocycles. The summed E-state index contributed by atoms with van der Waals surface area (Å²) in [6.45, 7) is 1.41. The quantitative estimate of drug-likeness (QED) is 0.487. The van der Waals surface area contributed by atoms with Crippen LogP contribution >= 0.6 is 11.6 Å². The van der Waals surface area contributed by atoms with Gasteiger partial charge in [-0.2, -0.15) is 0 Å². The Kier molecular flexibility index (Phi) is 5.73. The highest BCUT2D eigenvalue weighted by Gasteiger charge is 2.23. The number of hydrogen-bond donors (Lipinski definition) is 1. The first kappa shape index (κ1) is 18.4. The third kappa shape index (κ3) is 4.34. The van der Waals surface area contributed by atoms with E-state index in [4.69, 9.17) is 22.4 Å². The van der Waals surface area contributed by atoms with Gasteiger partial charge in [0.05, 0.1) is 17.1 Å². The number of furan rings is 1. The number of carbonyl (C=O) groups is 3. The van der Waals surface area contributed by atoms with Crippen LogP contribution in [0.2, 0.25) is 5.02 Å². The van der Waals surface area contributed by atoms with E-state index in [-0.39, 0.29) is 40.9 Å². The molecule has 0 aliphatic carbocycles. The summed E-state index contributed by atoms with van der Waals surface area (Å²) in [4.78, 5) is 35.9. The Morgan fingerprint density at radius 2 is 2.04 bits per heavy atom. The second kappa shape index (κ2) is 7.77. The molecule has 7 heteroatoms. The predicted octanol–water partition coefficient (Wildman–Crippen LogP) is 2.74. The second-order valence-corrected chi connectivity index (χ2v) is 5.55. The first-order chi connectivity index (χ1) is 11.8. The van der Waals surface area contributed by atoms with E-state index in [9.17, 15) is 18.8 Å². The summed E-state index contributed by atoms with van der Waals surface area (Å²) in [6.07, 6.45) is 4.94. The number of carbonyl (C=O) groups excluding carboxylic acids is 3. The van der Waals surface area contributed by atoms with Crippen molar-refractivity contribution in [1.29, 1.82) is 0 Å². The summed E-state index contributed by atoms with van der Waals surface area (Å²) in [5.41, 5.74) is 0.671. The van der Waals surface area contributed by atoms with Crippen molar-refractivity contribution in [3.8, 4) is 12.3 Å². The predicted molar refractivity (Wildman–Crippen MR) is 89.1 cm³/mol. The van der Waals surface area contributed by atoms with E-state index in [1.54, 1.807) is 0 Å². The van der Waals surface area contributed by atoms with Gasteiger partial charge in [-0.3, -0.25) is 14.4 Å². The molecule has 0 unspecified atom stereocenters. The molecule has 0 aliphatic rings. The molecule has 0 spiro atoms. The molecule has 0 saturated carbocycles. The molecule has 1 aromatic carbocycles. The van der Waals surface area contributed by atoms with Crippen molar-refractivity contribution in [3.05, 3.63) is 57.8 Å². The van der Waals surface area contributed by atoms with E-state index in [0.717, 1.165) is 6.07 Å². The van der Waals surface area contributed by atoms with Crippen LogP contribution in [-0.2, 0) is 11.2 Å². The van der Waals surface area contributed by atoms with Gasteiger partial charge in [0.1, 0.15) is 11.6 Å². The van der Waals surface area contributed by atoms with Crippen molar-refractivity contribution in [1.82, 2.24) is 5.32 Å². The standard InChI is InChI=1S/C18H13ClFNO4/c1-3-6-21-18(24)17(23)16-9-12(10(2)25-16)15(22)8-11-4-5-14(20)13(19)7-11/h1,4-5,7,9H,6,8H2,2H3,(H,21,24). The lowest BCUT2D eigenvalue weighted by molar-refractivity contribution is -0.116. The van der Waals surface area contributed by atoms with Gasteiger partial charge < -0.3 is 9.73 Å². The molecule has 25 heavy (non-hydrogen) atoms. The fourth-order valence-electron chi connectivity index (χ4n) is 2.12. The van der Waals surface area contributed by atoms with Gasteiger partial charge in [0.15, 0.2) is 11.5 Å². The second-order valence-electron chi connectivity index (χ2n) is 5.14. The number of amides is 1. The van der Waals surface area contributed by atoms with Crippen molar-refractivity contribution >= 4 is 29.1 Å². The van der Waals surface area contributed by atoms with Crippen molar-refractivity contribution in [2.75, 3.05) is 6.54 Å². The highest BCUT2D eigenvalue weighted by Crippen LogP contribution is 2.20. The minimum atomic E-state index is -0.928. The lowest BCUT2D eigenvalue weighted by Gasteiger charge is -2.01. The van der Waals surface area contributed by atoms with Crippen LogP contribution in [0, 0.1) is 25.1 Å². The molecular formula is C18H13ClFNO4. The molecule has 5 nitrogen and oxygen atoms in total. The third-order valence-electron chi connectivity index (χ3n) is 3.35. The van der Waals surface area contributed by atoms with Crippen molar-refractivity contribution in [2.24, 2.45) is 0 Å². The molecule has 0 atom stereocenters. The van der Waals surface area contributed by atoms with Gasteiger partial charge in [-0.25, -0.2) is 4.39 Å². The average Bonchev–Trinajstić information content (AvgIpc) is 2.97. The number of nitrogens with one attached hydrogen (secondary N) is 1. The Morgan fingerprint density at radius 1 is 1.32 bits per heavy atom. The molecule has 0 saturated heterocycles. The highest BCUT2D eigenvalue weighted by atomic mass is 35.5. The number of benzene rings is 1. The summed E-state index contributed by atoms with van der Waals surface area (Å²) in [5, 5.41) is 2.13. The fourth-order valence-corrected chi connectivity index (χ4v) is 2.33. The molecule has 128 valence electrons. The minimum Gasteiger partial charge on any atom is -0.457 e. The molecule has 1 N–H and O–H groups in total. The number of halogens is 2. The van der Waals surface area contributed by atoms with Crippen LogP contribution in [0.25, 0.3) is 0 Å². The van der Waals surface area contributed by atoms with E-state index in [1.165, 1.54) is 25.1 Å². The molecular weight excluding hydrogens is 349 g/mol. The van der Waals surface area contributed by atoms with Crippen molar-refractivity contribution < 1.29 is 23.2 Å². The Bertz CT molecular complexity index is 895. The molecule has 0 bridgehead atoms. The van der Waals surface area contributed by atoms with E-state index in [2.05, 4.69) is 11.2 Å². The zero-order valence-corrected chi connectivity index (χ0v) is 13.9. The van der Waals surface area contributed by atoms with Gasteiger partial charge in [-0.15, -0.1) is 6.42 Å². The van der Waals surface area contributed by atoms with Gasteiger partial charge in [0.2, 0.25) is 0 Å². The van der Waals surface area contributed by atoms with Crippen LogP contribution < -0.4 is 5.32 Å². The molecule has 0 radical (unpaired) electrons. The number of Topliss-reactive ketones (excluding diaryl/α,β-unsaturated/α-hetero) is 2. The van der Waals surface area contributed by atoms with Crippen LogP contribution in [0.5, 0.6) is 0 Å². The maximum absolute atomic E-state index is 13.2. The molecule has 2 rings (SSSR count). The lowest BCUT2D eigenvalue weighted by Crippen LogP contribution is -2.31. The Labute approximate surface area is 148 Å². The number of hydrogen-bond acceptors (Lipinski definition) is 4. The van der Waals surface area contributed by atoms with Crippen LogP contribution in [0.1, 0.15) is 32.2 Å². The van der Waals surface area contributed by atoms with E-state index >= 15 is 0 Å². The molecule has 2 aromatic rings. The SMILES string of the molecule is C#CCNC(=O)C(=O)c1cc(C(=O)Cc2ccc(F)c(Cl)c2)c(C)o1. The van der Waals surface area contributed by atoms with Crippen molar-refractivity contribution in [2.45, 2.75) is 13.3 Å². The van der Waals surface area contributed by atoms with Crippen LogP contribution in [-0.4, -0.2) is 24.0 Å². The molecule has 1 aromatic heterocycles. The monoisotopic (exact) mass is 361 g/mol. The van der Waals surface area contributed by atoms with Gasteiger partial charge in [-0.1, -0.05) is 23.6 Å². The van der Waals surface area contributed by atoms with Gasteiger partial charge in [0.25, 0.3) is 11.7 Å². The molecule has 0 fully saturated rings. The van der Waals surface area contributed by atoms with E-state index in [0.29, 0.717) is 5.56 Å². The smallest absolute Gasteiger partial charge is 0.296 e.